The number of benzene rings is 1. The van der Waals surface area contributed by atoms with Crippen LogP contribution in [0.1, 0.15) is 24.2 Å². The van der Waals surface area contributed by atoms with Crippen LogP contribution in [-0.2, 0) is 0 Å². The minimum Gasteiger partial charge on any atom is -0.488 e. The molecule has 2 nitrogen and oxygen atoms in total. The lowest BCUT2D eigenvalue weighted by Crippen LogP contribution is -2.02. The number of rotatable bonds is 4. The average molecular weight is 271 g/mol. The minimum absolute atomic E-state index is 0.406. The highest BCUT2D eigenvalue weighted by atomic mass is 79.9. The van der Waals surface area contributed by atoms with Gasteiger partial charge in [-0.05, 0) is 25.5 Å². The highest BCUT2D eigenvalue weighted by molar-refractivity contribution is 9.11. The fourth-order valence-electron chi connectivity index (χ4n) is 1.27. The fraction of sp³-hybridized carbons (Fsp3) is 0.333. The molecule has 0 aliphatic rings. The van der Waals surface area contributed by atoms with Gasteiger partial charge in [-0.15, -0.1) is 0 Å². The van der Waals surface area contributed by atoms with E-state index in [1.165, 1.54) is 0 Å². The van der Waals surface area contributed by atoms with Crippen LogP contribution in [0.5, 0.6) is 5.75 Å². The van der Waals surface area contributed by atoms with E-state index in [2.05, 4.69) is 22.5 Å². The van der Waals surface area contributed by atoms with Gasteiger partial charge in [0.15, 0.2) is 0 Å². The predicted molar refractivity (Wildman–Crippen MR) is 65.4 cm³/mol. The number of aryl methyl sites for hydroxylation is 1. The first-order valence-electron chi connectivity index (χ1n) is 4.75. The Hall–Kier alpha value is -0.800. The molecule has 3 heteroatoms. The van der Waals surface area contributed by atoms with E-state index in [9.17, 15) is 5.11 Å². The predicted octanol–water partition coefficient (Wildman–Crippen LogP) is 3.34. The Kier molecular flexibility index (Phi) is 4.36. The van der Waals surface area contributed by atoms with Crippen molar-refractivity contribution < 1.29 is 9.84 Å². The van der Waals surface area contributed by atoms with E-state index in [4.69, 9.17) is 4.74 Å². The first kappa shape index (κ1) is 12.3. The molecule has 0 aliphatic heterocycles. The lowest BCUT2D eigenvalue weighted by molar-refractivity contribution is 0.193. The van der Waals surface area contributed by atoms with E-state index in [1.807, 2.05) is 25.1 Å². The molecule has 1 N–H and O–H groups in total. The summed E-state index contributed by atoms with van der Waals surface area (Å²) in [5.74, 6) is 0.714. The van der Waals surface area contributed by atoms with Crippen molar-refractivity contribution in [1.29, 1.82) is 0 Å². The standard InChI is InChI=1S/C12H15BrO2/c1-8-4-5-11(10(3)14)12(6-8)15-7-9(2)13/h4-6,10,14H,2,7H2,1,3H3/t10-/m0/s1. The molecule has 1 rings (SSSR count). The summed E-state index contributed by atoms with van der Waals surface area (Å²) in [7, 11) is 0. The number of aliphatic hydroxyl groups excluding tert-OH is 1. The van der Waals surface area contributed by atoms with Crippen LogP contribution in [0.25, 0.3) is 0 Å². The monoisotopic (exact) mass is 270 g/mol. The molecular formula is C12H15BrO2. The normalized spacial score (nSPS) is 12.3. The first-order chi connectivity index (χ1) is 7.00. The van der Waals surface area contributed by atoms with Crippen LogP contribution in [0.2, 0.25) is 0 Å². The van der Waals surface area contributed by atoms with Crippen LogP contribution in [0.4, 0.5) is 0 Å². The van der Waals surface area contributed by atoms with Crippen molar-refractivity contribution in [1.82, 2.24) is 0 Å². The Balaban J connectivity index is 2.91. The van der Waals surface area contributed by atoms with Gasteiger partial charge in [0.2, 0.25) is 0 Å². The molecular weight excluding hydrogens is 256 g/mol. The van der Waals surface area contributed by atoms with E-state index < -0.39 is 6.10 Å². The molecule has 0 unspecified atom stereocenters. The molecule has 0 saturated carbocycles. The quantitative estimate of drug-likeness (QED) is 0.910. The third-order valence-corrected chi connectivity index (χ3v) is 2.23. The molecule has 1 aromatic carbocycles. The number of hydrogen-bond acceptors (Lipinski definition) is 2. The van der Waals surface area contributed by atoms with Gasteiger partial charge in [0.25, 0.3) is 0 Å². The van der Waals surface area contributed by atoms with E-state index in [1.54, 1.807) is 6.92 Å². The summed E-state index contributed by atoms with van der Waals surface area (Å²) in [6, 6.07) is 5.75. The van der Waals surface area contributed by atoms with Crippen molar-refractivity contribution in [2.75, 3.05) is 6.61 Å². The van der Waals surface area contributed by atoms with Gasteiger partial charge in [0, 0.05) is 10.0 Å². The fourth-order valence-corrected chi connectivity index (χ4v) is 1.38. The molecule has 0 spiro atoms. The molecule has 0 heterocycles. The van der Waals surface area contributed by atoms with Crippen molar-refractivity contribution in [3.05, 3.63) is 40.4 Å². The zero-order chi connectivity index (χ0) is 11.4. The molecule has 0 aliphatic carbocycles. The lowest BCUT2D eigenvalue weighted by Gasteiger charge is -2.13. The van der Waals surface area contributed by atoms with Gasteiger partial charge < -0.3 is 9.84 Å². The maximum absolute atomic E-state index is 9.55. The molecule has 0 amide bonds. The third kappa shape index (κ3) is 3.68. The molecule has 0 aromatic heterocycles. The molecule has 0 saturated heterocycles. The van der Waals surface area contributed by atoms with Crippen LogP contribution >= 0.6 is 15.9 Å². The second kappa shape index (κ2) is 5.33. The van der Waals surface area contributed by atoms with E-state index in [0.29, 0.717) is 12.4 Å². The van der Waals surface area contributed by atoms with Crippen LogP contribution in [0.15, 0.2) is 29.3 Å². The van der Waals surface area contributed by atoms with Gasteiger partial charge >= 0.3 is 0 Å². The highest BCUT2D eigenvalue weighted by Gasteiger charge is 2.09. The summed E-state index contributed by atoms with van der Waals surface area (Å²) < 4.78 is 6.31. The molecule has 1 atom stereocenters. The smallest absolute Gasteiger partial charge is 0.125 e. The number of ether oxygens (including phenoxy) is 1. The number of aliphatic hydroxyl groups is 1. The average Bonchev–Trinajstić information content (AvgIpc) is 2.14. The summed E-state index contributed by atoms with van der Waals surface area (Å²) in [6.07, 6.45) is -0.524. The van der Waals surface area contributed by atoms with Crippen molar-refractivity contribution >= 4 is 15.9 Å². The second-order valence-electron chi connectivity index (χ2n) is 3.52. The number of hydrogen-bond donors (Lipinski definition) is 1. The van der Waals surface area contributed by atoms with Crippen LogP contribution in [0, 0.1) is 6.92 Å². The minimum atomic E-state index is -0.524. The summed E-state index contributed by atoms with van der Waals surface area (Å²) in [5, 5.41) is 9.55. The van der Waals surface area contributed by atoms with E-state index >= 15 is 0 Å². The van der Waals surface area contributed by atoms with Gasteiger partial charge in [0.1, 0.15) is 12.4 Å². The van der Waals surface area contributed by atoms with Crippen molar-refractivity contribution in [2.24, 2.45) is 0 Å². The zero-order valence-corrected chi connectivity index (χ0v) is 10.5. The summed E-state index contributed by atoms with van der Waals surface area (Å²) in [4.78, 5) is 0. The molecule has 0 radical (unpaired) electrons. The Morgan fingerprint density at radius 3 is 2.80 bits per heavy atom. The van der Waals surface area contributed by atoms with Crippen molar-refractivity contribution in [3.8, 4) is 5.75 Å². The Bertz CT molecular complexity index is 359. The number of halogens is 1. The lowest BCUT2D eigenvalue weighted by atomic mass is 10.1. The zero-order valence-electron chi connectivity index (χ0n) is 8.96. The first-order valence-corrected chi connectivity index (χ1v) is 5.54. The Morgan fingerprint density at radius 1 is 1.60 bits per heavy atom. The van der Waals surface area contributed by atoms with Gasteiger partial charge in [-0.1, -0.05) is 34.6 Å². The van der Waals surface area contributed by atoms with Gasteiger partial charge in [-0.2, -0.15) is 0 Å². The summed E-state index contributed by atoms with van der Waals surface area (Å²) in [5.41, 5.74) is 1.91. The maximum Gasteiger partial charge on any atom is 0.125 e. The van der Waals surface area contributed by atoms with E-state index in [-0.39, 0.29) is 0 Å². The van der Waals surface area contributed by atoms with Gasteiger partial charge in [0.05, 0.1) is 6.10 Å². The topological polar surface area (TPSA) is 29.5 Å². The molecule has 0 bridgehead atoms. The van der Waals surface area contributed by atoms with Gasteiger partial charge in [-0.25, -0.2) is 0 Å². The largest absolute Gasteiger partial charge is 0.488 e. The van der Waals surface area contributed by atoms with E-state index in [0.717, 1.165) is 15.6 Å². The molecule has 15 heavy (non-hydrogen) atoms. The summed E-state index contributed by atoms with van der Waals surface area (Å²) in [6.45, 7) is 7.81. The van der Waals surface area contributed by atoms with Crippen LogP contribution in [-0.4, -0.2) is 11.7 Å². The van der Waals surface area contributed by atoms with Gasteiger partial charge in [-0.3, -0.25) is 0 Å². The second-order valence-corrected chi connectivity index (χ2v) is 4.64. The van der Waals surface area contributed by atoms with Crippen molar-refractivity contribution in [3.63, 3.8) is 0 Å². The molecule has 1 aromatic rings. The van der Waals surface area contributed by atoms with Crippen LogP contribution < -0.4 is 4.74 Å². The SMILES string of the molecule is C=C(Br)COc1cc(C)ccc1[C@H](C)O. The Labute approximate surface area is 98.7 Å². The van der Waals surface area contributed by atoms with Crippen LogP contribution in [0.3, 0.4) is 0 Å². The maximum atomic E-state index is 9.55. The molecule has 0 fully saturated rings. The molecule has 82 valence electrons. The Morgan fingerprint density at radius 2 is 2.27 bits per heavy atom. The highest BCUT2D eigenvalue weighted by Crippen LogP contribution is 2.26. The summed E-state index contributed by atoms with van der Waals surface area (Å²) >= 11 is 3.23. The third-order valence-electron chi connectivity index (χ3n) is 2.00. The van der Waals surface area contributed by atoms with Crippen molar-refractivity contribution in [2.45, 2.75) is 20.0 Å².